The van der Waals surface area contributed by atoms with Crippen LogP contribution in [0.3, 0.4) is 0 Å². The molecule has 188 valence electrons. The Kier molecular flexibility index (Phi) is 7.81. The number of rotatable bonds is 7. The number of alkyl halides is 1. The monoisotopic (exact) mass is 531 g/mol. The van der Waals surface area contributed by atoms with Gasteiger partial charge in [0.2, 0.25) is 0 Å². The van der Waals surface area contributed by atoms with E-state index in [1.54, 1.807) is 41.3 Å². The van der Waals surface area contributed by atoms with E-state index in [-0.39, 0.29) is 29.6 Å². The summed E-state index contributed by atoms with van der Waals surface area (Å²) in [6, 6.07) is 14.3. The second kappa shape index (κ2) is 10.8. The standard InChI is InChI=1S/C27H25Cl2F2N3O2/c1-3-11-32-26(35)17-7-9-20(28)19(12-17)16-8-10-23(24(13-16)34-14-18(30)15-34)33(2)27(36)25-21(29)5-4-6-22(25)31/h4-10,12-13,18H,3,11,14-15H2,1-2H3,(H,32,35). The lowest BCUT2D eigenvalue weighted by atomic mass is 9.99. The fourth-order valence-corrected chi connectivity index (χ4v) is 4.53. The van der Waals surface area contributed by atoms with E-state index in [0.717, 1.165) is 6.42 Å². The summed E-state index contributed by atoms with van der Waals surface area (Å²) in [7, 11) is 1.52. The Morgan fingerprint density at radius 1 is 1.08 bits per heavy atom. The van der Waals surface area contributed by atoms with Gasteiger partial charge in [-0.15, -0.1) is 0 Å². The lowest BCUT2D eigenvalue weighted by molar-refractivity contribution is 0.0952. The summed E-state index contributed by atoms with van der Waals surface area (Å²) in [4.78, 5) is 28.8. The fraction of sp³-hybridized carbons (Fsp3) is 0.259. The highest BCUT2D eigenvalue weighted by atomic mass is 35.5. The van der Waals surface area contributed by atoms with E-state index in [1.807, 2.05) is 6.92 Å². The molecular weight excluding hydrogens is 507 g/mol. The number of nitrogens with zero attached hydrogens (tertiary/aromatic N) is 2. The van der Waals surface area contributed by atoms with Gasteiger partial charge in [0.1, 0.15) is 12.0 Å². The minimum absolute atomic E-state index is 0.00254. The molecule has 1 fully saturated rings. The van der Waals surface area contributed by atoms with Crippen LogP contribution in [0.1, 0.15) is 34.1 Å². The number of hydrogen-bond acceptors (Lipinski definition) is 3. The molecule has 0 unspecified atom stereocenters. The maximum atomic E-state index is 14.4. The molecule has 2 amide bonds. The predicted molar refractivity (Wildman–Crippen MR) is 141 cm³/mol. The molecule has 3 aromatic carbocycles. The Bertz CT molecular complexity index is 1290. The first kappa shape index (κ1) is 25.9. The van der Waals surface area contributed by atoms with E-state index in [1.165, 1.54) is 30.1 Å². The van der Waals surface area contributed by atoms with Crippen LogP contribution in [0.15, 0.2) is 54.6 Å². The molecule has 1 N–H and O–H groups in total. The Balaban J connectivity index is 1.74. The van der Waals surface area contributed by atoms with Gasteiger partial charge in [0.05, 0.1) is 35.1 Å². The van der Waals surface area contributed by atoms with Crippen LogP contribution in [-0.2, 0) is 0 Å². The summed E-state index contributed by atoms with van der Waals surface area (Å²) in [6.45, 7) is 2.84. The molecule has 0 aromatic heterocycles. The zero-order chi connectivity index (χ0) is 26.0. The third-order valence-corrected chi connectivity index (χ3v) is 6.72. The normalized spacial score (nSPS) is 13.3. The maximum absolute atomic E-state index is 14.4. The lowest BCUT2D eigenvalue weighted by Crippen LogP contribution is -2.49. The van der Waals surface area contributed by atoms with Gasteiger partial charge >= 0.3 is 0 Å². The molecule has 9 heteroatoms. The summed E-state index contributed by atoms with van der Waals surface area (Å²) in [5.41, 5.74) is 2.58. The van der Waals surface area contributed by atoms with E-state index in [4.69, 9.17) is 23.2 Å². The molecule has 0 saturated carbocycles. The quantitative estimate of drug-likeness (QED) is 0.385. The molecule has 0 bridgehead atoms. The minimum atomic E-state index is -0.988. The minimum Gasteiger partial charge on any atom is -0.364 e. The van der Waals surface area contributed by atoms with Crippen molar-refractivity contribution in [2.45, 2.75) is 19.5 Å². The maximum Gasteiger partial charge on any atom is 0.262 e. The van der Waals surface area contributed by atoms with Crippen LogP contribution in [0.25, 0.3) is 11.1 Å². The number of halogens is 4. The topological polar surface area (TPSA) is 52.7 Å². The van der Waals surface area contributed by atoms with Crippen LogP contribution < -0.4 is 15.1 Å². The van der Waals surface area contributed by atoms with Gasteiger partial charge in [-0.1, -0.05) is 42.3 Å². The Morgan fingerprint density at radius 3 is 2.50 bits per heavy atom. The molecule has 1 heterocycles. The number of nitrogens with one attached hydrogen (secondary N) is 1. The molecular formula is C27H25Cl2F2N3O2. The number of benzene rings is 3. The first-order chi connectivity index (χ1) is 17.2. The van der Waals surface area contributed by atoms with E-state index in [0.29, 0.717) is 39.6 Å². The fourth-order valence-electron chi connectivity index (χ4n) is 4.06. The van der Waals surface area contributed by atoms with Gasteiger partial charge < -0.3 is 15.1 Å². The molecule has 0 spiro atoms. The van der Waals surface area contributed by atoms with Crippen molar-refractivity contribution in [3.8, 4) is 11.1 Å². The van der Waals surface area contributed by atoms with Crippen molar-refractivity contribution < 1.29 is 18.4 Å². The zero-order valence-corrected chi connectivity index (χ0v) is 21.3. The highest BCUT2D eigenvalue weighted by molar-refractivity contribution is 6.35. The van der Waals surface area contributed by atoms with Gasteiger partial charge in [0.25, 0.3) is 11.8 Å². The van der Waals surface area contributed by atoms with Gasteiger partial charge in [0, 0.05) is 29.7 Å². The second-order valence-electron chi connectivity index (χ2n) is 8.62. The lowest BCUT2D eigenvalue weighted by Gasteiger charge is -2.39. The van der Waals surface area contributed by atoms with Crippen molar-refractivity contribution in [1.82, 2.24) is 5.32 Å². The SMILES string of the molecule is CCCNC(=O)c1ccc(Cl)c(-c2ccc(N(C)C(=O)c3c(F)cccc3Cl)c(N3CC(F)C3)c2)c1. The molecule has 4 rings (SSSR count). The second-order valence-corrected chi connectivity index (χ2v) is 9.43. The molecule has 1 aliphatic rings. The highest BCUT2D eigenvalue weighted by Crippen LogP contribution is 2.39. The van der Waals surface area contributed by atoms with Gasteiger partial charge in [-0.25, -0.2) is 8.78 Å². The Morgan fingerprint density at radius 2 is 1.83 bits per heavy atom. The predicted octanol–water partition coefficient (Wildman–Crippen LogP) is 6.37. The summed E-state index contributed by atoms with van der Waals surface area (Å²) >= 11 is 12.6. The van der Waals surface area contributed by atoms with Gasteiger partial charge in [-0.05, 0) is 54.4 Å². The summed E-state index contributed by atoms with van der Waals surface area (Å²) < 4.78 is 28.2. The number of carbonyl (C=O) groups is 2. The first-order valence-electron chi connectivity index (χ1n) is 11.5. The van der Waals surface area contributed by atoms with E-state index in [2.05, 4.69) is 5.32 Å². The summed E-state index contributed by atoms with van der Waals surface area (Å²) in [6.07, 6.45) is -0.176. The highest BCUT2D eigenvalue weighted by Gasteiger charge is 2.31. The van der Waals surface area contributed by atoms with Crippen molar-refractivity contribution in [2.24, 2.45) is 0 Å². The third-order valence-electron chi connectivity index (χ3n) is 6.07. The number of anilines is 2. The molecule has 1 aliphatic heterocycles. The zero-order valence-electron chi connectivity index (χ0n) is 19.8. The largest absolute Gasteiger partial charge is 0.364 e. The van der Waals surface area contributed by atoms with Gasteiger partial charge in [0.15, 0.2) is 0 Å². The van der Waals surface area contributed by atoms with Crippen molar-refractivity contribution in [3.05, 3.63) is 81.6 Å². The van der Waals surface area contributed by atoms with E-state index in [9.17, 15) is 18.4 Å². The van der Waals surface area contributed by atoms with Crippen LogP contribution in [0.2, 0.25) is 10.0 Å². The Hall–Kier alpha value is -3.16. The average molecular weight is 532 g/mol. The van der Waals surface area contributed by atoms with E-state index >= 15 is 0 Å². The number of amides is 2. The van der Waals surface area contributed by atoms with Crippen LogP contribution >= 0.6 is 23.2 Å². The van der Waals surface area contributed by atoms with Gasteiger partial charge in [-0.3, -0.25) is 9.59 Å². The van der Waals surface area contributed by atoms with Crippen molar-refractivity contribution >= 4 is 46.4 Å². The van der Waals surface area contributed by atoms with Crippen molar-refractivity contribution in [2.75, 3.05) is 36.5 Å². The van der Waals surface area contributed by atoms with Crippen molar-refractivity contribution in [3.63, 3.8) is 0 Å². The summed E-state index contributed by atoms with van der Waals surface area (Å²) in [5, 5.41) is 3.29. The summed E-state index contributed by atoms with van der Waals surface area (Å²) in [5.74, 6) is -1.56. The molecule has 0 aliphatic carbocycles. The van der Waals surface area contributed by atoms with E-state index < -0.39 is 17.9 Å². The van der Waals surface area contributed by atoms with Crippen molar-refractivity contribution in [1.29, 1.82) is 0 Å². The van der Waals surface area contributed by atoms with Gasteiger partial charge in [-0.2, -0.15) is 0 Å². The molecule has 0 radical (unpaired) electrons. The van der Waals surface area contributed by atoms with Crippen LogP contribution in [-0.4, -0.2) is 44.7 Å². The molecule has 0 atom stereocenters. The van der Waals surface area contributed by atoms with Crippen LogP contribution in [0.4, 0.5) is 20.2 Å². The van der Waals surface area contributed by atoms with Crippen LogP contribution in [0.5, 0.6) is 0 Å². The average Bonchev–Trinajstić information content (AvgIpc) is 2.84. The number of carbonyl (C=O) groups excluding carboxylic acids is 2. The first-order valence-corrected chi connectivity index (χ1v) is 12.3. The molecule has 1 saturated heterocycles. The number of hydrogen-bond donors (Lipinski definition) is 1. The smallest absolute Gasteiger partial charge is 0.262 e. The van der Waals surface area contributed by atoms with Crippen LogP contribution in [0, 0.1) is 5.82 Å². The molecule has 3 aromatic rings. The third kappa shape index (κ3) is 5.18. The molecule has 36 heavy (non-hydrogen) atoms. The molecule has 5 nitrogen and oxygen atoms in total. The Labute approximate surface area is 218 Å².